The molecular formula is C18H26N4O5S. The van der Waals surface area contributed by atoms with Crippen LogP contribution in [0, 0.1) is 12.8 Å². The van der Waals surface area contributed by atoms with Gasteiger partial charge in [0.1, 0.15) is 6.04 Å². The van der Waals surface area contributed by atoms with Gasteiger partial charge >= 0.3 is 0 Å². The third kappa shape index (κ3) is 5.14. The molecule has 2 heterocycles. The van der Waals surface area contributed by atoms with Crippen LogP contribution in [0.4, 0.5) is 0 Å². The molecule has 2 atom stereocenters. The van der Waals surface area contributed by atoms with Crippen molar-refractivity contribution in [3.8, 4) is 0 Å². The van der Waals surface area contributed by atoms with E-state index in [4.69, 9.17) is 5.73 Å². The molecule has 1 fully saturated rings. The number of hydrogen-bond donors (Lipinski definition) is 2. The highest BCUT2D eigenvalue weighted by Gasteiger charge is 2.41. The molecule has 1 aliphatic heterocycles. The summed E-state index contributed by atoms with van der Waals surface area (Å²) in [5.41, 5.74) is 5.55. The first-order valence-electron chi connectivity index (χ1n) is 9.15. The zero-order valence-corrected chi connectivity index (χ0v) is 16.9. The molecule has 0 aromatic carbocycles. The van der Waals surface area contributed by atoms with Crippen LogP contribution in [0.5, 0.6) is 0 Å². The third-order valence-corrected chi connectivity index (χ3v) is 6.46. The molecular weight excluding hydrogens is 384 g/mol. The Morgan fingerprint density at radius 1 is 1.39 bits per heavy atom. The average molecular weight is 410 g/mol. The largest absolute Gasteiger partial charge is 0.370 e. The van der Waals surface area contributed by atoms with Crippen LogP contribution in [0.2, 0.25) is 0 Å². The van der Waals surface area contributed by atoms with Crippen molar-refractivity contribution < 1.29 is 22.8 Å². The van der Waals surface area contributed by atoms with Crippen molar-refractivity contribution in [3.05, 3.63) is 23.9 Å². The summed E-state index contributed by atoms with van der Waals surface area (Å²) >= 11 is 0. The maximum atomic E-state index is 13.3. The number of carbonyl (C=O) groups is 3. The highest BCUT2D eigenvalue weighted by atomic mass is 32.2. The van der Waals surface area contributed by atoms with Crippen molar-refractivity contribution in [1.29, 1.82) is 0 Å². The number of primary amides is 1. The topological polar surface area (TPSA) is 140 Å². The van der Waals surface area contributed by atoms with E-state index in [0.717, 1.165) is 0 Å². The van der Waals surface area contributed by atoms with Crippen LogP contribution in [-0.4, -0.2) is 54.4 Å². The molecule has 3 N–H and O–H groups in total. The summed E-state index contributed by atoms with van der Waals surface area (Å²) in [4.78, 5) is 40.7. The van der Waals surface area contributed by atoms with E-state index in [9.17, 15) is 22.8 Å². The number of sulfonamides is 1. The van der Waals surface area contributed by atoms with Gasteiger partial charge in [-0.2, -0.15) is 8.42 Å². The number of carbonyl (C=O) groups excluding carboxylic acids is 3. The number of hydrogen-bond acceptors (Lipinski definition) is 7. The van der Waals surface area contributed by atoms with Gasteiger partial charge < -0.3 is 11.1 Å². The summed E-state index contributed by atoms with van der Waals surface area (Å²) in [7, 11) is -4.35. The number of nitrogens with zero attached hydrogens (tertiary/aromatic N) is 2. The quantitative estimate of drug-likeness (QED) is 0.651. The van der Waals surface area contributed by atoms with Crippen LogP contribution in [-0.2, 0) is 24.4 Å². The molecule has 10 heteroatoms. The van der Waals surface area contributed by atoms with Crippen molar-refractivity contribution in [2.24, 2.45) is 11.7 Å². The Balaban J connectivity index is 2.46. The van der Waals surface area contributed by atoms with Crippen LogP contribution in [0.3, 0.4) is 0 Å². The Bertz CT molecular complexity index is 855. The van der Waals surface area contributed by atoms with E-state index in [0.29, 0.717) is 22.8 Å². The molecule has 28 heavy (non-hydrogen) atoms. The summed E-state index contributed by atoms with van der Waals surface area (Å²) in [6, 6.07) is 2.07. The number of aryl methyl sites for hydroxylation is 1. The lowest BCUT2D eigenvalue weighted by atomic mass is 10.0. The Morgan fingerprint density at radius 3 is 2.75 bits per heavy atom. The molecule has 2 rings (SSSR count). The first kappa shape index (κ1) is 22.0. The van der Waals surface area contributed by atoms with Gasteiger partial charge in [0.25, 0.3) is 10.0 Å². The number of amides is 2. The van der Waals surface area contributed by atoms with Gasteiger partial charge in [0.2, 0.25) is 11.8 Å². The van der Waals surface area contributed by atoms with Gasteiger partial charge in [0, 0.05) is 19.0 Å². The number of pyridine rings is 1. The van der Waals surface area contributed by atoms with Gasteiger partial charge in [0.05, 0.1) is 6.54 Å². The molecule has 0 aliphatic carbocycles. The fourth-order valence-corrected chi connectivity index (χ4v) is 5.03. The Labute approximate surface area is 164 Å². The second kappa shape index (κ2) is 9.24. The van der Waals surface area contributed by atoms with Crippen LogP contribution in [0.25, 0.3) is 0 Å². The van der Waals surface area contributed by atoms with Crippen molar-refractivity contribution >= 4 is 27.6 Å². The van der Waals surface area contributed by atoms with Crippen molar-refractivity contribution in [1.82, 2.24) is 14.6 Å². The second-order valence-corrected chi connectivity index (χ2v) is 8.83. The van der Waals surface area contributed by atoms with Gasteiger partial charge in [-0.15, -0.1) is 0 Å². The van der Waals surface area contributed by atoms with E-state index >= 15 is 0 Å². The Kier molecular flexibility index (Phi) is 7.25. The molecule has 1 saturated heterocycles. The monoisotopic (exact) mass is 410 g/mol. The Hall–Kier alpha value is -2.33. The Morgan fingerprint density at radius 2 is 2.11 bits per heavy atom. The summed E-state index contributed by atoms with van der Waals surface area (Å²) in [5.74, 6) is -2.14. The minimum Gasteiger partial charge on any atom is -0.370 e. The number of ketones is 1. The normalized spacial score (nSPS) is 18.9. The van der Waals surface area contributed by atoms with Crippen LogP contribution in [0.1, 0.15) is 38.2 Å². The SMILES string of the molecule is Cc1cccnc1S(=O)(=O)N(C(=O)C[C@@H](C)CC(N)=O)C1CCCNCC1=O. The summed E-state index contributed by atoms with van der Waals surface area (Å²) < 4.78 is 27.3. The first-order chi connectivity index (χ1) is 13.1. The van der Waals surface area contributed by atoms with Crippen molar-refractivity contribution in [2.45, 2.75) is 50.6 Å². The lowest BCUT2D eigenvalue weighted by molar-refractivity contribution is -0.134. The van der Waals surface area contributed by atoms with E-state index < -0.39 is 33.8 Å². The minimum absolute atomic E-state index is 0.0119. The number of rotatable bonds is 7. The van der Waals surface area contributed by atoms with Crippen molar-refractivity contribution in [2.75, 3.05) is 13.1 Å². The zero-order chi connectivity index (χ0) is 20.9. The number of nitrogens with one attached hydrogen (secondary N) is 1. The van der Waals surface area contributed by atoms with Gasteiger partial charge in [-0.3, -0.25) is 14.4 Å². The van der Waals surface area contributed by atoms with E-state index in [2.05, 4.69) is 10.3 Å². The zero-order valence-electron chi connectivity index (χ0n) is 16.1. The van der Waals surface area contributed by atoms with Crippen molar-refractivity contribution in [3.63, 3.8) is 0 Å². The standard InChI is InChI=1S/C18H26N4O5S/c1-12(9-16(19)24)10-17(25)22(14-6-4-7-20-11-15(14)23)28(26,27)18-13(2)5-3-8-21-18/h3,5,8,12,14,20H,4,6-7,9-11H2,1-2H3,(H2,19,24)/t12-,14?/m0/s1. The number of Topliss-reactive ketones (excluding diaryl/α,β-unsaturated/α-hetero) is 1. The van der Waals surface area contributed by atoms with E-state index in [1.807, 2.05) is 0 Å². The van der Waals surface area contributed by atoms with Gasteiger partial charge in [-0.1, -0.05) is 13.0 Å². The molecule has 0 spiro atoms. The maximum absolute atomic E-state index is 13.3. The fraction of sp³-hybridized carbons (Fsp3) is 0.556. The third-order valence-electron chi connectivity index (χ3n) is 4.57. The predicted molar refractivity (Wildman–Crippen MR) is 101 cm³/mol. The highest BCUT2D eigenvalue weighted by molar-refractivity contribution is 7.89. The van der Waals surface area contributed by atoms with Gasteiger partial charge in [0.15, 0.2) is 10.8 Å². The van der Waals surface area contributed by atoms with E-state index in [1.165, 1.54) is 6.20 Å². The molecule has 0 bridgehead atoms. The first-order valence-corrected chi connectivity index (χ1v) is 10.6. The summed E-state index contributed by atoms with van der Waals surface area (Å²) in [6.07, 6.45) is 1.84. The van der Waals surface area contributed by atoms with Gasteiger partial charge in [-0.05, 0) is 43.9 Å². The summed E-state index contributed by atoms with van der Waals surface area (Å²) in [6.45, 7) is 3.76. The molecule has 1 aromatic rings. The fourth-order valence-electron chi connectivity index (χ4n) is 3.27. The lowest BCUT2D eigenvalue weighted by Crippen LogP contribution is -2.50. The summed E-state index contributed by atoms with van der Waals surface area (Å²) in [5, 5.41) is 2.68. The van der Waals surface area contributed by atoms with E-state index in [-0.39, 0.29) is 36.6 Å². The molecule has 1 aromatic heterocycles. The smallest absolute Gasteiger partial charge is 0.284 e. The number of aromatic nitrogens is 1. The molecule has 154 valence electrons. The average Bonchev–Trinajstić information content (AvgIpc) is 2.79. The van der Waals surface area contributed by atoms with Crippen LogP contribution < -0.4 is 11.1 Å². The van der Waals surface area contributed by atoms with Gasteiger partial charge in [-0.25, -0.2) is 9.29 Å². The minimum atomic E-state index is -4.35. The van der Waals surface area contributed by atoms with E-state index in [1.54, 1.807) is 26.0 Å². The molecule has 1 unspecified atom stereocenters. The molecule has 0 saturated carbocycles. The molecule has 1 aliphatic rings. The maximum Gasteiger partial charge on any atom is 0.284 e. The number of nitrogens with two attached hydrogens (primary N) is 1. The second-order valence-electron chi connectivity index (χ2n) is 7.10. The molecule has 9 nitrogen and oxygen atoms in total. The lowest BCUT2D eigenvalue weighted by Gasteiger charge is -2.30. The molecule has 2 amide bonds. The molecule has 0 radical (unpaired) electrons. The van der Waals surface area contributed by atoms with Crippen LogP contribution >= 0.6 is 0 Å². The van der Waals surface area contributed by atoms with Crippen LogP contribution in [0.15, 0.2) is 23.4 Å². The highest BCUT2D eigenvalue weighted by Crippen LogP contribution is 2.25. The predicted octanol–water partition coefficient (Wildman–Crippen LogP) is 0.130.